The van der Waals surface area contributed by atoms with E-state index in [4.69, 9.17) is 14.5 Å². The fourth-order valence-corrected chi connectivity index (χ4v) is 4.55. The molecule has 0 aliphatic carbocycles. The van der Waals surface area contributed by atoms with Crippen molar-refractivity contribution in [3.63, 3.8) is 0 Å². The first-order valence-corrected chi connectivity index (χ1v) is 11.0. The quantitative estimate of drug-likeness (QED) is 0.505. The zero-order chi connectivity index (χ0) is 20.4. The van der Waals surface area contributed by atoms with Crippen LogP contribution in [0.15, 0.2) is 29.1 Å². The normalized spacial score (nSPS) is 14.5. The molecule has 0 saturated heterocycles. The van der Waals surface area contributed by atoms with Crippen molar-refractivity contribution in [1.82, 2.24) is 9.55 Å². The lowest BCUT2D eigenvalue weighted by molar-refractivity contribution is 0.288. The maximum Gasteiger partial charge on any atom is 0.262 e. The average molecular weight is 411 g/mol. The number of fused-ring (bicyclic) bond motifs is 2. The molecule has 1 aliphatic rings. The van der Waals surface area contributed by atoms with Crippen LogP contribution in [0.4, 0.5) is 0 Å². The second-order valence-corrected chi connectivity index (χ2v) is 8.32. The molecule has 4 rings (SSSR count). The van der Waals surface area contributed by atoms with Gasteiger partial charge in [0.1, 0.15) is 10.7 Å². The molecule has 3 aromatic rings. The monoisotopic (exact) mass is 410 g/mol. The molecule has 0 unspecified atom stereocenters. The Kier molecular flexibility index (Phi) is 5.72. The number of allylic oxidation sites excluding steroid dienone is 1. The summed E-state index contributed by atoms with van der Waals surface area (Å²) in [4.78, 5) is 19.7. The fraction of sp³-hybridized carbons (Fsp3) is 0.391. The van der Waals surface area contributed by atoms with Crippen LogP contribution in [0.25, 0.3) is 21.9 Å². The van der Waals surface area contributed by atoms with Gasteiger partial charge in [-0.3, -0.25) is 9.36 Å². The van der Waals surface area contributed by atoms with Crippen LogP contribution in [0.5, 0.6) is 11.5 Å². The Balaban J connectivity index is 1.68. The van der Waals surface area contributed by atoms with Crippen LogP contribution < -0.4 is 15.0 Å². The maximum absolute atomic E-state index is 12.9. The highest BCUT2D eigenvalue weighted by Crippen LogP contribution is 2.33. The summed E-state index contributed by atoms with van der Waals surface area (Å²) < 4.78 is 13.1. The number of unbranched alkanes of at least 4 members (excludes halogenated alkanes) is 1. The molecule has 0 radical (unpaired) electrons. The van der Waals surface area contributed by atoms with E-state index in [0.29, 0.717) is 13.2 Å². The topological polar surface area (TPSA) is 53.4 Å². The Hall–Kier alpha value is -2.60. The number of benzene rings is 1. The average Bonchev–Trinajstić information content (AvgIpc) is 3.34. The molecular weight excluding hydrogens is 384 g/mol. The van der Waals surface area contributed by atoms with E-state index in [9.17, 15) is 4.79 Å². The standard InChI is InChI=1S/C23H26N2O3S/c1-4-6-11-28-19-8-7-15(13-20(19)27-3)12-16-9-10-25-21(16)24-22-18(23(25)26)14-17(5-2)29-22/h7-8,12-14H,4-6,9-11H2,1-3H3/b16-12+. The Morgan fingerprint density at radius 3 is 2.86 bits per heavy atom. The van der Waals surface area contributed by atoms with Gasteiger partial charge in [-0.25, -0.2) is 4.98 Å². The van der Waals surface area contributed by atoms with Gasteiger partial charge in [0.05, 0.1) is 19.1 Å². The zero-order valence-electron chi connectivity index (χ0n) is 17.2. The predicted octanol–water partition coefficient (Wildman–Crippen LogP) is 5.15. The van der Waals surface area contributed by atoms with E-state index in [-0.39, 0.29) is 5.56 Å². The minimum Gasteiger partial charge on any atom is -0.493 e. The lowest BCUT2D eigenvalue weighted by Crippen LogP contribution is -2.19. The molecule has 1 aliphatic heterocycles. The molecule has 1 aromatic carbocycles. The highest BCUT2D eigenvalue weighted by atomic mass is 32.1. The maximum atomic E-state index is 12.9. The smallest absolute Gasteiger partial charge is 0.262 e. The summed E-state index contributed by atoms with van der Waals surface area (Å²) in [6, 6.07) is 7.95. The molecule has 29 heavy (non-hydrogen) atoms. The van der Waals surface area contributed by atoms with Gasteiger partial charge in [-0.15, -0.1) is 11.3 Å². The van der Waals surface area contributed by atoms with E-state index in [1.807, 2.05) is 24.3 Å². The van der Waals surface area contributed by atoms with Gasteiger partial charge in [-0.05, 0) is 54.7 Å². The number of aryl methyl sites for hydroxylation is 1. The molecule has 6 heteroatoms. The van der Waals surface area contributed by atoms with Crippen molar-refractivity contribution >= 4 is 33.2 Å². The first kappa shape index (κ1) is 19.7. The van der Waals surface area contributed by atoms with Crippen molar-refractivity contribution in [3.05, 3.63) is 50.9 Å². The van der Waals surface area contributed by atoms with E-state index >= 15 is 0 Å². The molecule has 152 valence electrons. The minimum absolute atomic E-state index is 0.0709. The number of ether oxygens (including phenoxy) is 2. The number of thiophene rings is 1. The number of hydrogen-bond donors (Lipinski definition) is 0. The highest BCUT2D eigenvalue weighted by Gasteiger charge is 2.22. The van der Waals surface area contributed by atoms with Gasteiger partial charge in [0, 0.05) is 11.4 Å². The third-order valence-electron chi connectivity index (χ3n) is 5.23. The highest BCUT2D eigenvalue weighted by molar-refractivity contribution is 7.18. The van der Waals surface area contributed by atoms with E-state index in [1.165, 1.54) is 4.88 Å². The summed E-state index contributed by atoms with van der Waals surface area (Å²) in [5, 5.41) is 0.743. The lowest BCUT2D eigenvalue weighted by atomic mass is 10.1. The largest absolute Gasteiger partial charge is 0.493 e. The van der Waals surface area contributed by atoms with Gasteiger partial charge in [0.2, 0.25) is 0 Å². The second-order valence-electron chi connectivity index (χ2n) is 7.21. The summed E-state index contributed by atoms with van der Waals surface area (Å²) in [5.41, 5.74) is 2.17. The van der Waals surface area contributed by atoms with Crippen LogP contribution in [-0.2, 0) is 13.0 Å². The lowest BCUT2D eigenvalue weighted by Gasteiger charge is -2.11. The third-order valence-corrected chi connectivity index (χ3v) is 6.40. The molecule has 0 spiro atoms. The molecule has 0 bridgehead atoms. The predicted molar refractivity (Wildman–Crippen MR) is 119 cm³/mol. The summed E-state index contributed by atoms with van der Waals surface area (Å²) in [6.45, 7) is 5.60. The Bertz CT molecular complexity index is 1130. The van der Waals surface area contributed by atoms with E-state index < -0.39 is 0 Å². The van der Waals surface area contributed by atoms with Crippen molar-refractivity contribution < 1.29 is 9.47 Å². The van der Waals surface area contributed by atoms with Gasteiger partial charge in [-0.1, -0.05) is 26.3 Å². The number of aromatic nitrogens is 2. The second kappa shape index (κ2) is 8.41. The minimum atomic E-state index is 0.0709. The number of methoxy groups -OCH3 is 1. The van der Waals surface area contributed by atoms with Crippen molar-refractivity contribution in [2.24, 2.45) is 0 Å². The SMILES string of the molecule is CCCCOc1ccc(/C=C2\CCn3c2nc2sc(CC)cc2c3=O)cc1OC. The molecule has 0 amide bonds. The van der Waals surface area contributed by atoms with Crippen molar-refractivity contribution in [2.45, 2.75) is 46.1 Å². The van der Waals surface area contributed by atoms with Gasteiger partial charge in [0.15, 0.2) is 11.5 Å². The van der Waals surface area contributed by atoms with Crippen LogP contribution in [-0.4, -0.2) is 23.3 Å². The van der Waals surface area contributed by atoms with Crippen LogP contribution in [0, 0.1) is 0 Å². The summed E-state index contributed by atoms with van der Waals surface area (Å²) >= 11 is 1.62. The molecule has 0 fully saturated rings. The molecule has 0 saturated carbocycles. The number of rotatable bonds is 7. The van der Waals surface area contributed by atoms with Crippen LogP contribution in [0.3, 0.4) is 0 Å². The zero-order valence-corrected chi connectivity index (χ0v) is 18.0. The molecule has 2 aromatic heterocycles. The summed E-state index contributed by atoms with van der Waals surface area (Å²) in [6.07, 6.45) is 5.94. The Morgan fingerprint density at radius 1 is 1.24 bits per heavy atom. The molecule has 3 heterocycles. The van der Waals surface area contributed by atoms with Gasteiger partial charge < -0.3 is 9.47 Å². The van der Waals surface area contributed by atoms with Gasteiger partial charge >= 0.3 is 0 Å². The van der Waals surface area contributed by atoms with Crippen molar-refractivity contribution in [3.8, 4) is 11.5 Å². The molecular formula is C23H26N2O3S. The number of hydrogen-bond acceptors (Lipinski definition) is 5. The van der Waals surface area contributed by atoms with Crippen molar-refractivity contribution in [1.29, 1.82) is 0 Å². The fourth-order valence-electron chi connectivity index (χ4n) is 3.59. The third kappa shape index (κ3) is 3.81. The van der Waals surface area contributed by atoms with E-state index in [1.54, 1.807) is 23.0 Å². The van der Waals surface area contributed by atoms with Crippen molar-refractivity contribution in [2.75, 3.05) is 13.7 Å². The molecule has 5 nitrogen and oxygen atoms in total. The molecule has 0 atom stereocenters. The first-order valence-electron chi connectivity index (χ1n) is 10.2. The summed E-state index contributed by atoms with van der Waals surface area (Å²) in [5.74, 6) is 2.27. The van der Waals surface area contributed by atoms with Crippen LogP contribution in [0.1, 0.15) is 49.4 Å². The Labute approximate surface area is 174 Å². The molecule has 0 N–H and O–H groups in total. The first-order chi connectivity index (χ1) is 14.1. The van der Waals surface area contributed by atoms with Crippen LogP contribution >= 0.6 is 11.3 Å². The van der Waals surface area contributed by atoms with E-state index in [2.05, 4.69) is 19.9 Å². The van der Waals surface area contributed by atoms with Crippen LogP contribution in [0.2, 0.25) is 0 Å². The summed E-state index contributed by atoms with van der Waals surface area (Å²) in [7, 11) is 1.66. The Morgan fingerprint density at radius 2 is 2.10 bits per heavy atom. The van der Waals surface area contributed by atoms with Gasteiger partial charge in [-0.2, -0.15) is 0 Å². The number of nitrogens with zero attached hydrogens (tertiary/aromatic N) is 2. The van der Waals surface area contributed by atoms with E-state index in [0.717, 1.165) is 64.4 Å². The van der Waals surface area contributed by atoms with Gasteiger partial charge in [0.25, 0.3) is 5.56 Å².